The number of thiophene rings is 1. The van der Waals surface area contributed by atoms with Crippen molar-refractivity contribution in [3.05, 3.63) is 58.2 Å². The summed E-state index contributed by atoms with van der Waals surface area (Å²) in [5, 5.41) is 9.71. The zero-order valence-electron chi connectivity index (χ0n) is 14.9. The topological polar surface area (TPSA) is 52.2 Å². The first-order chi connectivity index (χ1) is 12.2. The van der Waals surface area contributed by atoms with E-state index in [1.54, 1.807) is 23.5 Å². The van der Waals surface area contributed by atoms with Gasteiger partial charge in [0.25, 0.3) is 0 Å². The SMILES string of the molecule is CCNC(=NCCc1c[nH]c2ccc(F)cc12)NC(C)c1cccs1.I. The summed E-state index contributed by atoms with van der Waals surface area (Å²) < 4.78 is 13.5. The van der Waals surface area contributed by atoms with Gasteiger partial charge < -0.3 is 15.6 Å². The summed E-state index contributed by atoms with van der Waals surface area (Å²) in [5.74, 6) is 0.589. The highest BCUT2D eigenvalue weighted by Gasteiger charge is 2.09. The van der Waals surface area contributed by atoms with Gasteiger partial charge in [0.15, 0.2) is 5.96 Å². The summed E-state index contributed by atoms with van der Waals surface area (Å²) in [6, 6.07) is 9.20. The molecule has 1 aromatic carbocycles. The molecule has 2 heterocycles. The Kier molecular flexibility index (Phi) is 7.89. The third-order valence-electron chi connectivity index (χ3n) is 4.05. The van der Waals surface area contributed by atoms with Crippen molar-refractivity contribution >= 4 is 52.2 Å². The van der Waals surface area contributed by atoms with E-state index in [4.69, 9.17) is 0 Å². The first-order valence-electron chi connectivity index (χ1n) is 8.51. The second-order valence-corrected chi connectivity index (χ2v) is 6.88. The average Bonchev–Trinajstić information content (AvgIpc) is 3.25. The molecule has 1 atom stereocenters. The number of rotatable bonds is 6. The number of guanidine groups is 1. The van der Waals surface area contributed by atoms with E-state index < -0.39 is 0 Å². The van der Waals surface area contributed by atoms with Crippen LogP contribution in [0.4, 0.5) is 4.39 Å². The number of fused-ring (bicyclic) bond motifs is 1. The van der Waals surface area contributed by atoms with Crippen LogP contribution in [0.5, 0.6) is 0 Å². The van der Waals surface area contributed by atoms with Crippen molar-refractivity contribution in [3.8, 4) is 0 Å². The zero-order valence-corrected chi connectivity index (χ0v) is 18.0. The largest absolute Gasteiger partial charge is 0.361 e. The van der Waals surface area contributed by atoms with E-state index in [-0.39, 0.29) is 35.8 Å². The fourth-order valence-electron chi connectivity index (χ4n) is 2.78. The number of halogens is 2. The van der Waals surface area contributed by atoms with Gasteiger partial charge in [0.1, 0.15) is 5.82 Å². The third kappa shape index (κ3) is 5.20. The van der Waals surface area contributed by atoms with Crippen LogP contribution in [0.25, 0.3) is 10.9 Å². The second kappa shape index (κ2) is 9.91. The van der Waals surface area contributed by atoms with Crippen LogP contribution in [0.3, 0.4) is 0 Å². The molecule has 0 aliphatic carbocycles. The summed E-state index contributed by atoms with van der Waals surface area (Å²) >= 11 is 1.73. The second-order valence-electron chi connectivity index (χ2n) is 5.90. The predicted octanol–water partition coefficient (Wildman–Crippen LogP) is 4.85. The van der Waals surface area contributed by atoms with Crippen molar-refractivity contribution in [1.82, 2.24) is 15.6 Å². The molecule has 0 saturated carbocycles. The van der Waals surface area contributed by atoms with Crippen molar-refractivity contribution in [1.29, 1.82) is 0 Å². The monoisotopic (exact) mass is 486 g/mol. The van der Waals surface area contributed by atoms with Crippen LogP contribution in [0.1, 0.15) is 30.3 Å². The molecule has 0 spiro atoms. The molecule has 0 radical (unpaired) electrons. The van der Waals surface area contributed by atoms with Crippen LogP contribution in [-0.4, -0.2) is 24.0 Å². The highest BCUT2D eigenvalue weighted by atomic mass is 127. The molecular weight excluding hydrogens is 462 g/mol. The maximum atomic E-state index is 13.5. The van der Waals surface area contributed by atoms with E-state index in [0.29, 0.717) is 6.54 Å². The van der Waals surface area contributed by atoms with Crippen molar-refractivity contribution in [2.45, 2.75) is 26.3 Å². The van der Waals surface area contributed by atoms with Crippen LogP contribution >= 0.6 is 35.3 Å². The average molecular weight is 486 g/mol. The molecule has 26 heavy (non-hydrogen) atoms. The lowest BCUT2D eigenvalue weighted by atomic mass is 10.1. The summed E-state index contributed by atoms with van der Waals surface area (Å²) in [5.41, 5.74) is 2.04. The Labute approximate surface area is 174 Å². The number of H-pyrrole nitrogens is 1. The van der Waals surface area contributed by atoms with Gasteiger partial charge in [0.2, 0.25) is 0 Å². The van der Waals surface area contributed by atoms with E-state index in [0.717, 1.165) is 35.4 Å². The number of aromatic nitrogens is 1. The first-order valence-corrected chi connectivity index (χ1v) is 9.39. The third-order valence-corrected chi connectivity index (χ3v) is 5.10. The molecule has 0 amide bonds. The molecule has 0 aliphatic rings. The first kappa shape index (κ1) is 20.7. The van der Waals surface area contributed by atoms with Crippen molar-refractivity contribution in [2.24, 2.45) is 4.99 Å². The Bertz CT molecular complexity index is 844. The van der Waals surface area contributed by atoms with Crippen LogP contribution < -0.4 is 10.6 Å². The van der Waals surface area contributed by atoms with Gasteiger partial charge in [-0.1, -0.05) is 6.07 Å². The summed E-state index contributed by atoms with van der Waals surface area (Å²) in [6.45, 7) is 5.62. The number of nitrogens with one attached hydrogen (secondary N) is 3. The molecule has 3 rings (SSSR count). The number of aromatic amines is 1. The van der Waals surface area contributed by atoms with Gasteiger partial charge in [-0.3, -0.25) is 4.99 Å². The minimum Gasteiger partial charge on any atom is -0.361 e. The van der Waals surface area contributed by atoms with Gasteiger partial charge in [-0.2, -0.15) is 0 Å². The van der Waals surface area contributed by atoms with Gasteiger partial charge in [0.05, 0.1) is 6.04 Å². The number of hydrogen-bond donors (Lipinski definition) is 3. The molecule has 140 valence electrons. The standard InChI is InChI=1S/C19H23FN4S.HI/c1-3-21-19(24-13(2)18-5-4-10-25-18)22-9-8-14-12-23-17-7-6-15(20)11-16(14)17;/h4-7,10-13,23H,3,8-9H2,1-2H3,(H2,21,22,24);1H. The van der Waals surface area contributed by atoms with Crippen LogP contribution in [0, 0.1) is 5.82 Å². The summed E-state index contributed by atoms with van der Waals surface area (Å²) in [6.07, 6.45) is 2.70. The number of aliphatic imine (C=N–C) groups is 1. The molecule has 7 heteroatoms. The maximum absolute atomic E-state index is 13.5. The molecule has 0 fully saturated rings. The van der Waals surface area contributed by atoms with Gasteiger partial charge in [0, 0.05) is 35.1 Å². The Morgan fingerprint density at radius 3 is 2.92 bits per heavy atom. The van der Waals surface area contributed by atoms with Gasteiger partial charge in [-0.05, 0) is 55.5 Å². The van der Waals surface area contributed by atoms with Crippen LogP contribution in [-0.2, 0) is 6.42 Å². The molecule has 3 N–H and O–H groups in total. The lowest BCUT2D eigenvalue weighted by Gasteiger charge is -2.16. The molecule has 0 aliphatic heterocycles. The van der Waals surface area contributed by atoms with Crippen molar-refractivity contribution in [3.63, 3.8) is 0 Å². The van der Waals surface area contributed by atoms with E-state index >= 15 is 0 Å². The summed E-state index contributed by atoms with van der Waals surface area (Å²) in [4.78, 5) is 9.12. The smallest absolute Gasteiger partial charge is 0.191 e. The van der Waals surface area contributed by atoms with Crippen LogP contribution in [0.15, 0.2) is 46.9 Å². The fraction of sp³-hybridized carbons (Fsp3) is 0.316. The predicted molar refractivity (Wildman–Crippen MR) is 119 cm³/mol. The molecule has 4 nitrogen and oxygen atoms in total. The normalized spacial score (nSPS) is 12.7. The number of hydrogen-bond acceptors (Lipinski definition) is 2. The minimum atomic E-state index is -0.211. The van der Waals surface area contributed by atoms with Crippen LogP contribution in [0.2, 0.25) is 0 Å². The van der Waals surface area contributed by atoms with E-state index in [1.165, 1.54) is 10.9 Å². The molecule has 3 aromatic rings. The Hall–Kier alpha value is -1.61. The lowest BCUT2D eigenvalue weighted by molar-refractivity contribution is 0.629. The minimum absolute atomic E-state index is 0. The maximum Gasteiger partial charge on any atom is 0.191 e. The Balaban J connectivity index is 0.00000243. The molecule has 1 unspecified atom stereocenters. The lowest BCUT2D eigenvalue weighted by Crippen LogP contribution is -2.38. The van der Waals surface area contributed by atoms with E-state index in [1.807, 2.05) is 6.20 Å². The molecule has 2 aromatic heterocycles. The summed E-state index contributed by atoms with van der Waals surface area (Å²) in [7, 11) is 0. The van der Waals surface area contributed by atoms with E-state index in [9.17, 15) is 4.39 Å². The Morgan fingerprint density at radius 1 is 1.35 bits per heavy atom. The highest BCUT2D eigenvalue weighted by Crippen LogP contribution is 2.20. The number of nitrogens with zero attached hydrogens (tertiary/aromatic N) is 1. The van der Waals surface area contributed by atoms with Gasteiger partial charge in [-0.25, -0.2) is 4.39 Å². The van der Waals surface area contributed by atoms with Crippen molar-refractivity contribution in [2.75, 3.05) is 13.1 Å². The van der Waals surface area contributed by atoms with E-state index in [2.05, 4.69) is 52.0 Å². The van der Waals surface area contributed by atoms with Gasteiger partial charge >= 0.3 is 0 Å². The number of benzene rings is 1. The van der Waals surface area contributed by atoms with Crippen molar-refractivity contribution < 1.29 is 4.39 Å². The Morgan fingerprint density at radius 2 is 2.19 bits per heavy atom. The quantitative estimate of drug-likeness (QED) is 0.265. The molecule has 0 saturated heterocycles. The van der Waals surface area contributed by atoms with Gasteiger partial charge in [-0.15, -0.1) is 35.3 Å². The molecule has 0 bridgehead atoms. The fourth-order valence-corrected chi connectivity index (χ4v) is 3.51. The highest BCUT2D eigenvalue weighted by molar-refractivity contribution is 14.0. The molecular formula is C19H24FIN4S. The zero-order chi connectivity index (χ0) is 17.6.